The molecule has 2 rings (SSSR count). The molecular formula is C15H28N2O. The van der Waals surface area contributed by atoms with Crippen molar-refractivity contribution < 1.29 is 4.79 Å². The third kappa shape index (κ3) is 2.87. The fraction of sp³-hybridized carbons (Fsp3) is 0.933. The van der Waals surface area contributed by atoms with E-state index in [9.17, 15) is 4.79 Å². The van der Waals surface area contributed by atoms with Crippen molar-refractivity contribution in [3.05, 3.63) is 0 Å². The molecule has 1 aliphatic heterocycles. The molecule has 18 heavy (non-hydrogen) atoms. The predicted octanol–water partition coefficient (Wildman–Crippen LogP) is 2.46. The van der Waals surface area contributed by atoms with E-state index in [4.69, 9.17) is 0 Å². The van der Waals surface area contributed by atoms with Crippen molar-refractivity contribution in [1.29, 1.82) is 0 Å². The maximum atomic E-state index is 12.2. The highest BCUT2D eigenvalue weighted by Gasteiger charge is 2.44. The molecule has 3 nitrogen and oxygen atoms in total. The van der Waals surface area contributed by atoms with Gasteiger partial charge in [-0.15, -0.1) is 0 Å². The van der Waals surface area contributed by atoms with Gasteiger partial charge in [-0.05, 0) is 50.6 Å². The molecule has 2 unspecified atom stereocenters. The van der Waals surface area contributed by atoms with Crippen LogP contribution in [0.4, 0.5) is 0 Å². The molecule has 2 atom stereocenters. The quantitative estimate of drug-likeness (QED) is 0.807. The first-order chi connectivity index (χ1) is 8.68. The Labute approximate surface area is 111 Å². The number of rotatable bonds is 4. The Morgan fingerprint density at radius 2 is 2.11 bits per heavy atom. The van der Waals surface area contributed by atoms with E-state index in [0.717, 1.165) is 25.9 Å². The van der Waals surface area contributed by atoms with E-state index in [2.05, 4.69) is 24.5 Å². The lowest BCUT2D eigenvalue weighted by atomic mass is 9.74. The first-order valence-corrected chi connectivity index (χ1v) is 7.69. The number of nitrogens with one attached hydrogen (secondary N) is 2. The minimum Gasteiger partial charge on any atom is -0.353 e. The highest BCUT2D eigenvalue weighted by molar-refractivity contribution is 5.78. The normalized spacial score (nSPS) is 28.2. The van der Waals surface area contributed by atoms with Crippen molar-refractivity contribution >= 4 is 5.91 Å². The molecule has 2 aliphatic rings. The summed E-state index contributed by atoms with van der Waals surface area (Å²) in [4.78, 5) is 12.2. The summed E-state index contributed by atoms with van der Waals surface area (Å²) < 4.78 is 0. The molecule has 0 bridgehead atoms. The highest BCUT2D eigenvalue weighted by Crippen LogP contribution is 2.45. The average Bonchev–Trinajstić information content (AvgIpc) is 2.73. The van der Waals surface area contributed by atoms with Gasteiger partial charge in [-0.25, -0.2) is 0 Å². The molecule has 104 valence electrons. The Morgan fingerprint density at radius 3 is 2.78 bits per heavy atom. The fourth-order valence-corrected chi connectivity index (χ4v) is 3.77. The summed E-state index contributed by atoms with van der Waals surface area (Å²) in [7, 11) is 0. The van der Waals surface area contributed by atoms with Crippen molar-refractivity contribution in [3.8, 4) is 0 Å². The largest absolute Gasteiger partial charge is 0.353 e. The van der Waals surface area contributed by atoms with Crippen LogP contribution in [0, 0.1) is 11.3 Å². The smallest absolute Gasteiger partial charge is 0.223 e. The maximum Gasteiger partial charge on any atom is 0.223 e. The Kier molecular flexibility index (Phi) is 4.66. The molecule has 1 heterocycles. The van der Waals surface area contributed by atoms with Gasteiger partial charge in [0.15, 0.2) is 0 Å². The van der Waals surface area contributed by atoms with Crippen LogP contribution in [0.25, 0.3) is 0 Å². The van der Waals surface area contributed by atoms with E-state index in [-0.39, 0.29) is 11.8 Å². The van der Waals surface area contributed by atoms with Crippen molar-refractivity contribution in [2.75, 3.05) is 13.1 Å². The van der Waals surface area contributed by atoms with Crippen LogP contribution in [-0.4, -0.2) is 25.0 Å². The first-order valence-electron chi connectivity index (χ1n) is 7.69. The van der Waals surface area contributed by atoms with Gasteiger partial charge in [0.2, 0.25) is 5.91 Å². The van der Waals surface area contributed by atoms with Crippen molar-refractivity contribution in [2.45, 2.75) is 64.8 Å². The lowest BCUT2D eigenvalue weighted by Gasteiger charge is -2.40. The van der Waals surface area contributed by atoms with E-state index in [0.29, 0.717) is 11.5 Å². The van der Waals surface area contributed by atoms with Gasteiger partial charge in [-0.2, -0.15) is 0 Å². The summed E-state index contributed by atoms with van der Waals surface area (Å²) in [6.07, 6.45) is 8.35. The lowest BCUT2D eigenvalue weighted by molar-refractivity contribution is -0.126. The molecule has 1 saturated heterocycles. The number of piperidine rings is 1. The van der Waals surface area contributed by atoms with E-state index in [1.165, 1.54) is 32.1 Å². The molecular weight excluding hydrogens is 224 g/mol. The average molecular weight is 252 g/mol. The lowest BCUT2D eigenvalue weighted by Crippen LogP contribution is -2.50. The molecule has 1 spiro atoms. The second kappa shape index (κ2) is 6.05. The van der Waals surface area contributed by atoms with Crippen molar-refractivity contribution in [2.24, 2.45) is 11.3 Å². The second-order valence-electron chi connectivity index (χ2n) is 6.26. The molecule has 1 saturated carbocycles. The third-order valence-electron chi connectivity index (χ3n) is 4.99. The molecule has 2 N–H and O–H groups in total. The van der Waals surface area contributed by atoms with Crippen LogP contribution in [0.2, 0.25) is 0 Å². The van der Waals surface area contributed by atoms with Gasteiger partial charge in [0, 0.05) is 12.0 Å². The van der Waals surface area contributed by atoms with Gasteiger partial charge in [0.1, 0.15) is 0 Å². The summed E-state index contributed by atoms with van der Waals surface area (Å²) in [6.45, 7) is 6.45. The summed E-state index contributed by atoms with van der Waals surface area (Å²) in [5.41, 5.74) is 0.410. The molecule has 1 aliphatic carbocycles. The van der Waals surface area contributed by atoms with Crippen molar-refractivity contribution in [3.63, 3.8) is 0 Å². The molecule has 0 aromatic carbocycles. The first kappa shape index (κ1) is 13.9. The predicted molar refractivity (Wildman–Crippen MR) is 74.4 cm³/mol. The number of carbonyl (C=O) groups is 1. The molecule has 0 aromatic heterocycles. The summed E-state index contributed by atoms with van der Waals surface area (Å²) in [5, 5.41) is 6.80. The Hall–Kier alpha value is -0.570. The standard InChI is InChI=1S/C15H28N2O/c1-3-5-12(2)14(18)17-13-6-4-7-15(13)8-10-16-11-9-15/h12-13,16H,3-11H2,1-2H3,(H,17,18). The van der Waals surface area contributed by atoms with Crippen LogP contribution in [0.3, 0.4) is 0 Å². The second-order valence-corrected chi connectivity index (χ2v) is 6.26. The maximum absolute atomic E-state index is 12.2. The molecule has 0 aromatic rings. The van der Waals surface area contributed by atoms with Gasteiger partial charge in [0.25, 0.3) is 0 Å². The van der Waals surface area contributed by atoms with Gasteiger partial charge in [-0.1, -0.05) is 26.7 Å². The molecule has 0 radical (unpaired) electrons. The highest BCUT2D eigenvalue weighted by atomic mass is 16.1. The van der Waals surface area contributed by atoms with E-state index in [1.807, 2.05) is 0 Å². The minimum absolute atomic E-state index is 0.175. The zero-order valence-corrected chi connectivity index (χ0v) is 11.9. The van der Waals surface area contributed by atoms with E-state index < -0.39 is 0 Å². The van der Waals surface area contributed by atoms with Gasteiger partial charge >= 0.3 is 0 Å². The minimum atomic E-state index is 0.175. The number of hydrogen-bond acceptors (Lipinski definition) is 2. The monoisotopic (exact) mass is 252 g/mol. The third-order valence-corrected chi connectivity index (χ3v) is 4.99. The van der Waals surface area contributed by atoms with Gasteiger partial charge in [-0.3, -0.25) is 4.79 Å². The van der Waals surface area contributed by atoms with Gasteiger partial charge in [0.05, 0.1) is 0 Å². The van der Waals surface area contributed by atoms with Crippen LogP contribution in [0.15, 0.2) is 0 Å². The summed E-state index contributed by atoms with van der Waals surface area (Å²) >= 11 is 0. The van der Waals surface area contributed by atoms with E-state index >= 15 is 0 Å². The number of amides is 1. The Morgan fingerprint density at radius 1 is 1.39 bits per heavy atom. The summed E-state index contributed by atoms with van der Waals surface area (Å²) in [5.74, 6) is 0.455. The fourth-order valence-electron chi connectivity index (χ4n) is 3.77. The topological polar surface area (TPSA) is 41.1 Å². The van der Waals surface area contributed by atoms with Gasteiger partial charge < -0.3 is 10.6 Å². The zero-order chi connectivity index (χ0) is 13.0. The van der Waals surface area contributed by atoms with Crippen LogP contribution in [0.5, 0.6) is 0 Å². The van der Waals surface area contributed by atoms with Crippen LogP contribution in [0.1, 0.15) is 58.8 Å². The SMILES string of the molecule is CCCC(C)C(=O)NC1CCCC12CCNCC2. The number of carbonyl (C=O) groups excluding carboxylic acids is 1. The Balaban J connectivity index is 1.93. The van der Waals surface area contributed by atoms with Crippen LogP contribution < -0.4 is 10.6 Å². The van der Waals surface area contributed by atoms with Crippen LogP contribution in [-0.2, 0) is 4.79 Å². The Bertz CT molecular complexity index is 284. The molecule has 3 heteroatoms. The van der Waals surface area contributed by atoms with E-state index in [1.54, 1.807) is 0 Å². The molecule has 2 fully saturated rings. The zero-order valence-electron chi connectivity index (χ0n) is 11.9. The van der Waals surface area contributed by atoms with Crippen molar-refractivity contribution in [1.82, 2.24) is 10.6 Å². The summed E-state index contributed by atoms with van der Waals surface area (Å²) in [6, 6.07) is 0.436. The number of hydrogen-bond donors (Lipinski definition) is 2. The van der Waals surface area contributed by atoms with Crippen LogP contribution >= 0.6 is 0 Å². The molecule has 1 amide bonds.